The van der Waals surface area contributed by atoms with E-state index in [9.17, 15) is 9.90 Å². The highest BCUT2D eigenvalue weighted by atomic mass is 16.5. The van der Waals surface area contributed by atoms with Crippen molar-refractivity contribution in [2.75, 3.05) is 20.7 Å². The van der Waals surface area contributed by atoms with Crippen molar-refractivity contribution in [2.24, 2.45) is 0 Å². The molecule has 1 unspecified atom stereocenters. The molecule has 0 aliphatic carbocycles. The van der Waals surface area contributed by atoms with Gasteiger partial charge in [-0.15, -0.1) is 0 Å². The summed E-state index contributed by atoms with van der Waals surface area (Å²) in [5.74, 6) is -0.808. The number of rotatable bonds is 6. The van der Waals surface area contributed by atoms with Crippen LogP contribution in [0.3, 0.4) is 0 Å². The highest BCUT2D eigenvalue weighted by Crippen LogP contribution is 2.27. The first-order chi connectivity index (χ1) is 6.69. The standard InChI is InChI=1S/C11H23NO3/c1-7-12(5)11(4,9(13)14)8-10(2,3)15-6/h7-8H2,1-6H3,(H,13,14). The van der Waals surface area contributed by atoms with Crippen LogP contribution >= 0.6 is 0 Å². The quantitative estimate of drug-likeness (QED) is 0.734. The van der Waals surface area contributed by atoms with Crippen molar-refractivity contribution >= 4 is 5.97 Å². The van der Waals surface area contributed by atoms with Crippen molar-refractivity contribution in [2.45, 2.75) is 45.3 Å². The number of hydrogen-bond donors (Lipinski definition) is 1. The number of methoxy groups -OCH3 is 1. The average Bonchev–Trinajstić information content (AvgIpc) is 2.15. The minimum atomic E-state index is -0.881. The zero-order valence-electron chi connectivity index (χ0n) is 10.6. The lowest BCUT2D eigenvalue weighted by Crippen LogP contribution is -2.54. The number of likely N-dealkylation sites (N-methyl/N-ethyl adjacent to an activating group) is 1. The molecule has 0 fully saturated rings. The summed E-state index contributed by atoms with van der Waals surface area (Å²) < 4.78 is 5.29. The summed E-state index contributed by atoms with van der Waals surface area (Å²) in [6.45, 7) is 8.18. The third kappa shape index (κ3) is 3.47. The van der Waals surface area contributed by atoms with E-state index < -0.39 is 17.1 Å². The molecular formula is C11H23NO3. The van der Waals surface area contributed by atoms with E-state index in [2.05, 4.69) is 0 Å². The topological polar surface area (TPSA) is 49.8 Å². The summed E-state index contributed by atoms with van der Waals surface area (Å²) >= 11 is 0. The number of carbonyl (C=O) groups is 1. The van der Waals surface area contributed by atoms with Gasteiger partial charge in [0.25, 0.3) is 0 Å². The first-order valence-corrected chi connectivity index (χ1v) is 5.19. The van der Waals surface area contributed by atoms with Gasteiger partial charge in [0.05, 0.1) is 5.60 Å². The Morgan fingerprint density at radius 2 is 1.87 bits per heavy atom. The molecule has 0 saturated heterocycles. The summed E-state index contributed by atoms with van der Waals surface area (Å²) in [5, 5.41) is 9.30. The van der Waals surface area contributed by atoms with Gasteiger partial charge in [-0.1, -0.05) is 6.92 Å². The van der Waals surface area contributed by atoms with Gasteiger partial charge in [0, 0.05) is 13.5 Å². The van der Waals surface area contributed by atoms with Crippen molar-refractivity contribution in [3.63, 3.8) is 0 Å². The van der Waals surface area contributed by atoms with E-state index >= 15 is 0 Å². The summed E-state index contributed by atoms with van der Waals surface area (Å²) in [4.78, 5) is 13.1. The predicted octanol–water partition coefficient (Wildman–Crippen LogP) is 1.60. The second kappa shape index (κ2) is 4.94. The van der Waals surface area contributed by atoms with Crippen LogP contribution in [0.1, 0.15) is 34.1 Å². The summed E-state index contributed by atoms with van der Waals surface area (Å²) in [5.41, 5.74) is -1.31. The minimum Gasteiger partial charge on any atom is -0.480 e. The molecule has 1 N–H and O–H groups in total. The van der Waals surface area contributed by atoms with Crippen LogP contribution in [0, 0.1) is 0 Å². The normalized spacial score (nSPS) is 16.5. The van der Waals surface area contributed by atoms with Gasteiger partial charge < -0.3 is 9.84 Å². The van der Waals surface area contributed by atoms with Crippen molar-refractivity contribution in [1.82, 2.24) is 4.90 Å². The summed E-state index contributed by atoms with van der Waals surface area (Å²) in [6, 6.07) is 0. The van der Waals surface area contributed by atoms with Crippen LogP contribution in [-0.2, 0) is 9.53 Å². The van der Waals surface area contributed by atoms with Gasteiger partial charge in [0.15, 0.2) is 0 Å². The molecule has 4 heteroatoms. The molecule has 0 spiro atoms. The number of aliphatic carboxylic acids is 1. The molecule has 1 atom stereocenters. The van der Waals surface area contributed by atoms with Gasteiger partial charge in [0.2, 0.25) is 0 Å². The second-order valence-corrected chi connectivity index (χ2v) is 4.73. The molecule has 0 rings (SSSR count). The van der Waals surface area contributed by atoms with Crippen LogP contribution in [-0.4, -0.2) is 47.8 Å². The van der Waals surface area contributed by atoms with Crippen LogP contribution < -0.4 is 0 Å². The molecule has 0 bridgehead atoms. The van der Waals surface area contributed by atoms with Crippen LogP contribution in [0.4, 0.5) is 0 Å². The van der Waals surface area contributed by atoms with E-state index in [1.807, 2.05) is 32.7 Å². The lowest BCUT2D eigenvalue weighted by Gasteiger charge is -2.39. The summed E-state index contributed by atoms with van der Waals surface area (Å²) in [7, 11) is 3.42. The highest BCUT2D eigenvalue weighted by Gasteiger charge is 2.41. The van der Waals surface area contributed by atoms with E-state index in [1.54, 1.807) is 14.0 Å². The molecule has 0 radical (unpaired) electrons. The smallest absolute Gasteiger partial charge is 0.323 e. The molecule has 15 heavy (non-hydrogen) atoms. The summed E-state index contributed by atoms with van der Waals surface area (Å²) in [6.07, 6.45) is 0.455. The van der Waals surface area contributed by atoms with Gasteiger partial charge in [-0.25, -0.2) is 0 Å². The van der Waals surface area contributed by atoms with Crippen LogP contribution in [0.15, 0.2) is 0 Å². The first kappa shape index (κ1) is 14.4. The Morgan fingerprint density at radius 3 is 2.13 bits per heavy atom. The Morgan fingerprint density at radius 1 is 1.40 bits per heavy atom. The monoisotopic (exact) mass is 217 g/mol. The zero-order valence-corrected chi connectivity index (χ0v) is 10.6. The van der Waals surface area contributed by atoms with Gasteiger partial charge in [0.1, 0.15) is 5.54 Å². The maximum absolute atomic E-state index is 11.3. The number of carboxylic acids is 1. The maximum atomic E-state index is 11.3. The first-order valence-electron chi connectivity index (χ1n) is 5.19. The molecule has 0 aromatic heterocycles. The fourth-order valence-corrected chi connectivity index (χ4v) is 1.62. The SMILES string of the molecule is CCN(C)C(C)(CC(C)(C)OC)C(=O)O. The van der Waals surface area contributed by atoms with Crippen LogP contribution in [0.5, 0.6) is 0 Å². The second-order valence-electron chi connectivity index (χ2n) is 4.73. The van der Waals surface area contributed by atoms with Crippen LogP contribution in [0.2, 0.25) is 0 Å². The maximum Gasteiger partial charge on any atom is 0.323 e. The van der Waals surface area contributed by atoms with Crippen molar-refractivity contribution in [1.29, 1.82) is 0 Å². The predicted molar refractivity (Wildman–Crippen MR) is 60.0 cm³/mol. The Balaban J connectivity index is 4.90. The fourth-order valence-electron chi connectivity index (χ4n) is 1.62. The number of carboxylic acid groups (broad SMARTS) is 1. The van der Waals surface area contributed by atoms with E-state index in [-0.39, 0.29) is 0 Å². The van der Waals surface area contributed by atoms with Gasteiger partial charge in [-0.3, -0.25) is 9.69 Å². The van der Waals surface area contributed by atoms with E-state index in [4.69, 9.17) is 4.74 Å². The Hall–Kier alpha value is -0.610. The molecular weight excluding hydrogens is 194 g/mol. The average molecular weight is 217 g/mol. The lowest BCUT2D eigenvalue weighted by atomic mass is 9.86. The Bertz CT molecular complexity index is 228. The highest BCUT2D eigenvalue weighted by molar-refractivity contribution is 5.78. The molecule has 90 valence electrons. The molecule has 0 aromatic carbocycles. The van der Waals surface area contributed by atoms with E-state index in [1.165, 1.54) is 0 Å². The number of ether oxygens (including phenoxy) is 1. The molecule has 0 aliphatic heterocycles. The molecule has 0 heterocycles. The van der Waals surface area contributed by atoms with Crippen molar-refractivity contribution < 1.29 is 14.6 Å². The van der Waals surface area contributed by atoms with E-state index in [0.717, 1.165) is 0 Å². The molecule has 0 aromatic rings. The van der Waals surface area contributed by atoms with Gasteiger partial charge in [-0.2, -0.15) is 0 Å². The third-order valence-corrected chi connectivity index (χ3v) is 3.10. The fraction of sp³-hybridized carbons (Fsp3) is 0.909. The van der Waals surface area contributed by atoms with Crippen molar-refractivity contribution in [3.05, 3.63) is 0 Å². The Labute approximate surface area is 92.2 Å². The molecule has 0 aliphatic rings. The van der Waals surface area contributed by atoms with Crippen molar-refractivity contribution in [3.8, 4) is 0 Å². The number of nitrogens with zero attached hydrogens (tertiary/aromatic N) is 1. The Kier molecular flexibility index (Phi) is 4.74. The van der Waals surface area contributed by atoms with Crippen LogP contribution in [0.25, 0.3) is 0 Å². The molecule has 0 saturated carbocycles. The largest absolute Gasteiger partial charge is 0.480 e. The van der Waals surface area contributed by atoms with Gasteiger partial charge in [-0.05, 0) is 34.4 Å². The molecule has 0 amide bonds. The van der Waals surface area contributed by atoms with Gasteiger partial charge >= 0.3 is 5.97 Å². The lowest BCUT2D eigenvalue weighted by molar-refractivity contribution is -0.154. The van der Waals surface area contributed by atoms with E-state index in [0.29, 0.717) is 13.0 Å². The zero-order chi connectivity index (χ0) is 12.3. The molecule has 4 nitrogen and oxygen atoms in total. The third-order valence-electron chi connectivity index (χ3n) is 3.10. The minimum absolute atomic E-state index is 0.434. The number of hydrogen-bond acceptors (Lipinski definition) is 3.